The lowest BCUT2D eigenvalue weighted by molar-refractivity contribution is 0.0665. The lowest BCUT2D eigenvalue weighted by Gasteiger charge is -2.33. The van der Waals surface area contributed by atoms with Gasteiger partial charge in [0.1, 0.15) is 0 Å². The highest BCUT2D eigenvalue weighted by molar-refractivity contribution is 9.10. The molecule has 0 spiro atoms. The molecule has 3 aromatic rings. The minimum atomic E-state index is -0.319. The van der Waals surface area contributed by atoms with Crippen LogP contribution in [0.2, 0.25) is 0 Å². The van der Waals surface area contributed by atoms with Gasteiger partial charge in [-0.1, -0.05) is 6.07 Å². The molecule has 1 aliphatic rings. The van der Waals surface area contributed by atoms with Gasteiger partial charge < -0.3 is 14.6 Å². The van der Waals surface area contributed by atoms with Crippen molar-refractivity contribution in [1.29, 1.82) is 0 Å². The monoisotopic (exact) mass is 418 g/mol. The number of H-pyrrole nitrogens is 1. The number of amides is 1. The molecule has 0 radical (unpaired) electrons. The molecule has 1 N–H and O–H groups in total. The summed E-state index contributed by atoms with van der Waals surface area (Å²) in [5, 5.41) is 0.793. The number of carbonyl (C=O) groups is 1. The fourth-order valence-electron chi connectivity index (χ4n) is 3.47. The Bertz CT molecular complexity index is 1000. The molecule has 4 rings (SSSR count). The van der Waals surface area contributed by atoms with Gasteiger partial charge in [-0.25, -0.2) is 14.4 Å². The molecule has 0 bridgehead atoms. The topological polar surface area (TPSA) is 71.1 Å². The number of methoxy groups -OCH3 is 1. The molecule has 1 amide bonds. The number of ether oxygens (including phenoxy) is 1. The predicted octanol–water partition coefficient (Wildman–Crippen LogP) is 3.63. The first-order valence-electron chi connectivity index (χ1n) is 8.16. The maximum atomic E-state index is 14.4. The molecule has 0 saturated carbocycles. The Morgan fingerprint density at radius 3 is 2.81 bits per heavy atom. The van der Waals surface area contributed by atoms with E-state index in [9.17, 15) is 9.18 Å². The second-order valence-electron chi connectivity index (χ2n) is 6.17. The molecule has 2 aromatic heterocycles. The summed E-state index contributed by atoms with van der Waals surface area (Å²) in [4.78, 5) is 25.9. The van der Waals surface area contributed by atoms with E-state index in [-0.39, 0.29) is 23.6 Å². The Balaban J connectivity index is 1.72. The van der Waals surface area contributed by atoms with Gasteiger partial charge in [0.15, 0.2) is 11.6 Å². The van der Waals surface area contributed by atoms with Crippen LogP contribution in [0.15, 0.2) is 29.0 Å². The Hall–Kier alpha value is -2.48. The third-order valence-corrected chi connectivity index (χ3v) is 5.40. The largest absolute Gasteiger partial charge is 0.494 e. The van der Waals surface area contributed by atoms with Gasteiger partial charge in [0, 0.05) is 29.6 Å². The third-order valence-electron chi connectivity index (χ3n) is 4.79. The van der Waals surface area contributed by atoms with Crippen LogP contribution in [-0.4, -0.2) is 39.4 Å². The van der Waals surface area contributed by atoms with Crippen LogP contribution in [0.3, 0.4) is 0 Å². The first-order chi connectivity index (χ1) is 12.5. The molecule has 1 unspecified atom stereocenters. The lowest BCUT2D eigenvalue weighted by Crippen LogP contribution is -2.39. The fraction of sp³-hybridized carbons (Fsp3) is 0.278. The summed E-state index contributed by atoms with van der Waals surface area (Å²) in [5.41, 5.74) is 2.37. The predicted molar refractivity (Wildman–Crippen MR) is 97.7 cm³/mol. The first kappa shape index (κ1) is 17.0. The molecular formula is C18H16BrFN4O2. The second kappa shape index (κ2) is 6.35. The highest BCUT2D eigenvalue weighted by atomic mass is 79.9. The van der Waals surface area contributed by atoms with Gasteiger partial charge in [-0.3, -0.25) is 4.79 Å². The van der Waals surface area contributed by atoms with Crippen LogP contribution < -0.4 is 4.74 Å². The summed E-state index contributed by atoms with van der Waals surface area (Å²) in [7, 11) is 1.52. The molecule has 1 atom stereocenters. The molecule has 0 fully saturated rings. The van der Waals surface area contributed by atoms with Crippen molar-refractivity contribution in [3.63, 3.8) is 0 Å². The highest BCUT2D eigenvalue weighted by Gasteiger charge is 2.32. The average molecular weight is 419 g/mol. The number of rotatable bonds is 2. The van der Waals surface area contributed by atoms with Crippen molar-refractivity contribution in [3.05, 3.63) is 51.9 Å². The molecule has 1 aromatic carbocycles. The Morgan fingerprint density at radius 2 is 2.12 bits per heavy atom. The van der Waals surface area contributed by atoms with Crippen LogP contribution in [0.5, 0.6) is 5.75 Å². The zero-order chi connectivity index (χ0) is 18.4. The van der Waals surface area contributed by atoms with Crippen molar-refractivity contribution in [3.8, 4) is 5.75 Å². The van der Waals surface area contributed by atoms with Crippen molar-refractivity contribution in [2.45, 2.75) is 19.4 Å². The quantitative estimate of drug-likeness (QED) is 0.689. The number of nitrogens with one attached hydrogen (secondary N) is 1. The summed E-state index contributed by atoms with van der Waals surface area (Å²) in [6.07, 6.45) is 3.56. The standard InChI is InChI=1S/C18H16BrFN4O2/c1-9-14-11-3-4-12(19)15(20)16(11)23-13(14)5-6-24(9)18(25)17-21-7-10(26-2)8-22-17/h3-4,7-9,23H,5-6H2,1-2H3. The number of halogens is 2. The normalized spacial score (nSPS) is 16.6. The number of aromatic nitrogens is 3. The molecule has 0 aliphatic carbocycles. The number of carbonyl (C=O) groups excluding carboxylic acids is 1. The van der Waals surface area contributed by atoms with E-state index in [1.807, 2.05) is 13.0 Å². The molecule has 8 heteroatoms. The Morgan fingerprint density at radius 1 is 1.38 bits per heavy atom. The van der Waals surface area contributed by atoms with Gasteiger partial charge in [-0.05, 0) is 28.9 Å². The van der Waals surface area contributed by atoms with Gasteiger partial charge in [-0.15, -0.1) is 0 Å². The van der Waals surface area contributed by atoms with Gasteiger partial charge in [0.05, 0.1) is 35.5 Å². The van der Waals surface area contributed by atoms with Crippen LogP contribution in [0.25, 0.3) is 10.9 Å². The Labute approximate surface area is 157 Å². The smallest absolute Gasteiger partial charge is 0.292 e. The first-order valence-corrected chi connectivity index (χ1v) is 8.96. The number of hydrogen-bond donors (Lipinski definition) is 1. The van der Waals surface area contributed by atoms with E-state index < -0.39 is 0 Å². The summed E-state index contributed by atoms with van der Waals surface area (Å²) < 4.78 is 19.9. The van der Waals surface area contributed by atoms with Crippen molar-refractivity contribution >= 4 is 32.7 Å². The van der Waals surface area contributed by atoms with E-state index in [0.29, 0.717) is 28.7 Å². The van der Waals surface area contributed by atoms with E-state index in [1.165, 1.54) is 19.5 Å². The van der Waals surface area contributed by atoms with Gasteiger partial charge in [0.2, 0.25) is 5.82 Å². The van der Waals surface area contributed by atoms with E-state index in [0.717, 1.165) is 16.6 Å². The van der Waals surface area contributed by atoms with Crippen molar-refractivity contribution in [2.75, 3.05) is 13.7 Å². The fourth-order valence-corrected chi connectivity index (χ4v) is 3.80. The minimum Gasteiger partial charge on any atom is -0.494 e. The molecule has 6 nitrogen and oxygen atoms in total. The third kappa shape index (κ3) is 2.56. The average Bonchev–Trinajstić information content (AvgIpc) is 3.05. The van der Waals surface area contributed by atoms with E-state index >= 15 is 0 Å². The Kier molecular flexibility index (Phi) is 4.14. The zero-order valence-electron chi connectivity index (χ0n) is 14.2. The number of nitrogens with zero attached hydrogens (tertiary/aromatic N) is 3. The van der Waals surface area contributed by atoms with Crippen LogP contribution in [0.4, 0.5) is 4.39 Å². The van der Waals surface area contributed by atoms with E-state index in [4.69, 9.17) is 4.74 Å². The SMILES string of the molecule is COc1cnc(C(=O)N2CCc3[nH]c4c(F)c(Br)ccc4c3C2C)nc1. The minimum absolute atomic E-state index is 0.120. The molecule has 0 saturated heterocycles. The van der Waals surface area contributed by atoms with Gasteiger partial charge >= 0.3 is 0 Å². The number of aromatic amines is 1. The van der Waals surface area contributed by atoms with Crippen LogP contribution in [0.1, 0.15) is 34.8 Å². The number of hydrogen-bond acceptors (Lipinski definition) is 4. The second-order valence-corrected chi connectivity index (χ2v) is 7.03. The maximum Gasteiger partial charge on any atom is 0.292 e. The van der Waals surface area contributed by atoms with Crippen LogP contribution >= 0.6 is 15.9 Å². The molecular weight excluding hydrogens is 403 g/mol. The van der Waals surface area contributed by atoms with E-state index in [1.54, 1.807) is 11.0 Å². The van der Waals surface area contributed by atoms with Crippen molar-refractivity contribution < 1.29 is 13.9 Å². The highest BCUT2D eigenvalue weighted by Crippen LogP contribution is 2.38. The van der Waals surface area contributed by atoms with Crippen LogP contribution in [-0.2, 0) is 6.42 Å². The number of benzene rings is 1. The molecule has 26 heavy (non-hydrogen) atoms. The number of fused-ring (bicyclic) bond motifs is 3. The molecule has 3 heterocycles. The summed E-state index contributed by atoms with van der Waals surface area (Å²) in [6.45, 7) is 2.45. The van der Waals surface area contributed by atoms with E-state index in [2.05, 4.69) is 30.9 Å². The zero-order valence-corrected chi connectivity index (χ0v) is 15.8. The lowest BCUT2D eigenvalue weighted by atomic mass is 9.97. The molecule has 1 aliphatic heterocycles. The van der Waals surface area contributed by atoms with Crippen molar-refractivity contribution in [1.82, 2.24) is 19.9 Å². The maximum absolute atomic E-state index is 14.4. The van der Waals surface area contributed by atoms with Gasteiger partial charge in [-0.2, -0.15) is 0 Å². The summed E-state index contributed by atoms with van der Waals surface area (Å²) in [5.74, 6) is 0.0428. The summed E-state index contributed by atoms with van der Waals surface area (Å²) in [6, 6.07) is 3.34. The van der Waals surface area contributed by atoms with Crippen LogP contribution in [0, 0.1) is 5.82 Å². The summed E-state index contributed by atoms with van der Waals surface area (Å²) >= 11 is 3.22. The van der Waals surface area contributed by atoms with Crippen molar-refractivity contribution in [2.24, 2.45) is 0 Å². The molecule has 134 valence electrons. The van der Waals surface area contributed by atoms with Gasteiger partial charge in [0.25, 0.3) is 5.91 Å².